The maximum absolute atomic E-state index is 12.4. The molecule has 1 aromatic rings. The van der Waals surface area contributed by atoms with Gasteiger partial charge < -0.3 is 9.64 Å². The molecular weight excluding hydrogens is 250 g/mol. The molecular formula is C17H23NO2. The van der Waals surface area contributed by atoms with Crippen molar-refractivity contribution in [1.82, 2.24) is 4.90 Å². The first kappa shape index (κ1) is 13.5. The lowest BCUT2D eigenvalue weighted by Crippen LogP contribution is -2.30. The molecule has 3 heteroatoms. The molecule has 2 aliphatic rings. The summed E-state index contributed by atoms with van der Waals surface area (Å²) >= 11 is 0. The average Bonchev–Trinajstić information content (AvgIpc) is 3.02. The van der Waals surface area contributed by atoms with Crippen molar-refractivity contribution in [3.8, 4) is 5.75 Å². The molecule has 0 radical (unpaired) electrons. The lowest BCUT2D eigenvalue weighted by atomic mass is 10.0. The number of benzene rings is 1. The summed E-state index contributed by atoms with van der Waals surface area (Å²) < 4.78 is 5.42. The van der Waals surface area contributed by atoms with Crippen LogP contribution in [0.4, 0.5) is 0 Å². The van der Waals surface area contributed by atoms with E-state index in [1.54, 1.807) is 0 Å². The number of ether oxygens (including phenoxy) is 1. The Balaban J connectivity index is 1.56. The third kappa shape index (κ3) is 2.82. The van der Waals surface area contributed by atoms with Gasteiger partial charge in [-0.2, -0.15) is 0 Å². The number of hydrogen-bond acceptors (Lipinski definition) is 2. The topological polar surface area (TPSA) is 29.5 Å². The van der Waals surface area contributed by atoms with Crippen molar-refractivity contribution in [2.24, 2.45) is 11.8 Å². The Morgan fingerprint density at radius 1 is 1.20 bits per heavy atom. The van der Waals surface area contributed by atoms with Crippen LogP contribution in [-0.4, -0.2) is 30.5 Å². The molecule has 1 heterocycles. The number of nitrogens with zero attached hydrogens (tertiary/aromatic N) is 1. The molecule has 1 amide bonds. The molecule has 0 bridgehead atoms. The number of likely N-dealkylation sites (tertiary alicyclic amines) is 1. The zero-order chi connectivity index (χ0) is 13.9. The SMILES string of the molecule is CCOc1ccc(CC(=O)N2CC3CCCC3C2)cc1. The molecule has 0 spiro atoms. The summed E-state index contributed by atoms with van der Waals surface area (Å²) in [7, 11) is 0. The first-order valence-electron chi connectivity index (χ1n) is 7.75. The number of carbonyl (C=O) groups is 1. The van der Waals surface area contributed by atoms with Gasteiger partial charge in [-0.25, -0.2) is 0 Å². The summed E-state index contributed by atoms with van der Waals surface area (Å²) in [5.41, 5.74) is 1.08. The van der Waals surface area contributed by atoms with Crippen LogP contribution in [0.3, 0.4) is 0 Å². The van der Waals surface area contributed by atoms with E-state index in [0.29, 0.717) is 13.0 Å². The summed E-state index contributed by atoms with van der Waals surface area (Å²) in [6.07, 6.45) is 4.51. The standard InChI is InChI=1S/C17H23NO2/c1-2-20-16-8-6-13(7-9-16)10-17(19)18-11-14-4-3-5-15(14)12-18/h6-9,14-15H,2-5,10-12H2,1H3. The Hall–Kier alpha value is -1.51. The Bertz CT molecular complexity index is 456. The van der Waals surface area contributed by atoms with Gasteiger partial charge in [0.25, 0.3) is 0 Å². The van der Waals surface area contributed by atoms with Gasteiger partial charge in [0, 0.05) is 13.1 Å². The fraction of sp³-hybridized carbons (Fsp3) is 0.588. The van der Waals surface area contributed by atoms with Gasteiger partial charge in [0.15, 0.2) is 0 Å². The van der Waals surface area contributed by atoms with Crippen molar-refractivity contribution in [3.63, 3.8) is 0 Å². The smallest absolute Gasteiger partial charge is 0.227 e. The van der Waals surface area contributed by atoms with Gasteiger partial charge >= 0.3 is 0 Å². The molecule has 0 N–H and O–H groups in total. The van der Waals surface area contributed by atoms with Gasteiger partial charge in [0.2, 0.25) is 5.91 Å². The molecule has 1 saturated carbocycles. The number of hydrogen-bond donors (Lipinski definition) is 0. The van der Waals surface area contributed by atoms with Crippen LogP contribution >= 0.6 is 0 Å². The second-order valence-corrected chi connectivity index (χ2v) is 6.00. The fourth-order valence-electron chi connectivity index (χ4n) is 3.60. The molecule has 108 valence electrons. The minimum absolute atomic E-state index is 0.281. The maximum atomic E-state index is 12.4. The molecule has 2 unspecified atom stereocenters. The van der Waals surface area contributed by atoms with Gasteiger partial charge in [0.1, 0.15) is 5.75 Å². The molecule has 3 rings (SSSR count). The molecule has 1 saturated heterocycles. The summed E-state index contributed by atoms with van der Waals surface area (Å²) in [5, 5.41) is 0. The van der Waals surface area contributed by atoms with E-state index in [1.165, 1.54) is 19.3 Å². The van der Waals surface area contributed by atoms with E-state index >= 15 is 0 Å². The van der Waals surface area contributed by atoms with Crippen LogP contribution in [0.2, 0.25) is 0 Å². The highest BCUT2D eigenvalue weighted by Gasteiger charge is 2.37. The van der Waals surface area contributed by atoms with E-state index in [4.69, 9.17) is 4.74 Å². The highest BCUT2D eigenvalue weighted by molar-refractivity contribution is 5.79. The van der Waals surface area contributed by atoms with Crippen LogP contribution in [0.15, 0.2) is 24.3 Å². The van der Waals surface area contributed by atoms with E-state index < -0.39 is 0 Å². The van der Waals surface area contributed by atoms with E-state index in [1.807, 2.05) is 31.2 Å². The van der Waals surface area contributed by atoms with Crippen LogP contribution < -0.4 is 4.74 Å². The lowest BCUT2D eigenvalue weighted by Gasteiger charge is -2.17. The van der Waals surface area contributed by atoms with Crippen molar-refractivity contribution in [3.05, 3.63) is 29.8 Å². The van der Waals surface area contributed by atoms with E-state index in [2.05, 4.69) is 4.90 Å². The summed E-state index contributed by atoms with van der Waals surface area (Å²) in [6.45, 7) is 4.62. The maximum Gasteiger partial charge on any atom is 0.227 e. The van der Waals surface area contributed by atoms with Crippen LogP contribution in [0.1, 0.15) is 31.7 Å². The minimum Gasteiger partial charge on any atom is -0.494 e. The van der Waals surface area contributed by atoms with Crippen molar-refractivity contribution in [1.29, 1.82) is 0 Å². The molecule has 2 atom stereocenters. The summed E-state index contributed by atoms with van der Waals surface area (Å²) in [4.78, 5) is 14.4. The Kier molecular flexibility index (Phi) is 3.95. The fourth-order valence-corrected chi connectivity index (χ4v) is 3.60. The predicted octanol–water partition coefficient (Wildman–Crippen LogP) is 2.89. The van der Waals surface area contributed by atoms with Gasteiger partial charge in [-0.3, -0.25) is 4.79 Å². The van der Waals surface area contributed by atoms with E-state index in [0.717, 1.165) is 36.2 Å². The number of amides is 1. The van der Waals surface area contributed by atoms with Gasteiger partial charge in [0.05, 0.1) is 13.0 Å². The molecule has 2 fully saturated rings. The quantitative estimate of drug-likeness (QED) is 0.844. The normalized spacial score (nSPS) is 24.8. The zero-order valence-electron chi connectivity index (χ0n) is 12.2. The van der Waals surface area contributed by atoms with Gasteiger partial charge in [-0.1, -0.05) is 18.6 Å². The predicted molar refractivity (Wildman–Crippen MR) is 78.7 cm³/mol. The van der Waals surface area contributed by atoms with Crippen molar-refractivity contribution in [2.45, 2.75) is 32.6 Å². The van der Waals surface area contributed by atoms with Crippen LogP contribution in [0.25, 0.3) is 0 Å². The second kappa shape index (κ2) is 5.86. The van der Waals surface area contributed by atoms with Crippen molar-refractivity contribution in [2.75, 3.05) is 19.7 Å². The largest absolute Gasteiger partial charge is 0.494 e. The van der Waals surface area contributed by atoms with E-state index in [-0.39, 0.29) is 5.91 Å². The van der Waals surface area contributed by atoms with Crippen molar-refractivity contribution < 1.29 is 9.53 Å². The van der Waals surface area contributed by atoms with E-state index in [9.17, 15) is 4.79 Å². The van der Waals surface area contributed by atoms with Crippen LogP contribution in [0.5, 0.6) is 5.75 Å². The average molecular weight is 273 g/mol. The Labute approximate surface area is 120 Å². The number of fused-ring (bicyclic) bond motifs is 1. The summed E-state index contributed by atoms with van der Waals surface area (Å²) in [5.74, 6) is 2.71. The Morgan fingerprint density at radius 3 is 2.45 bits per heavy atom. The molecule has 0 aromatic heterocycles. The van der Waals surface area contributed by atoms with Gasteiger partial charge in [-0.15, -0.1) is 0 Å². The number of carbonyl (C=O) groups excluding carboxylic acids is 1. The zero-order valence-corrected chi connectivity index (χ0v) is 12.2. The first-order chi connectivity index (χ1) is 9.76. The third-order valence-corrected chi connectivity index (χ3v) is 4.67. The molecule has 20 heavy (non-hydrogen) atoms. The Morgan fingerprint density at radius 2 is 1.85 bits per heavy atom. The van der Waals surface area contributed by atoms with Crippen molar-refractivity contribution >= 4 is 5.91 Å². The second-order valence-electron chi connectivity index (χ2n) is 6.00. The molecule has 1 aliphatic carbocycles. The highest BCUT2D eigenvalue weighted by atomic mass is 16.5. The summed E-state index contributed by atoms with van der Waals surface area (Å²) in [6, 6.07) is 7.90. The molecule has 1 aromatic carbocycles. The third-order valence-electron chi connectivity index (χ3n) is 4.67. The lowest BCUT2D eigenvalue weighted by molar-refractivity contribution is -0.129. The minimum atomic E-state index is 0.281. The van der Waals surface area contributed by atoms with Crippen LogP contribution in [0, 0.1) is 11.8 Å². The first-order valence-corrected chi connectivity index (χ1v) is 7.75. The highest BCUT2D eigenvalue weighted by Crippen LogP contribution is 2.37. The number of rotatable bonds is 4. The van der Waals surface area contributed by atoms with Gasteiger partial charge in [-0.05, 0) is 49.3 Å². The monoisotopic (exact) mass is 273 g/mol. The van der Waals surface area contributed by atoms with Crippen LogP contribution in [-0.2, 0) is 11.2 Å². The molecule has 3 nitrogen and oxygen atoms in total. The molecule has 1 aliphatic heterocycles.